The van der Waals surface area contributed by atoms with Crippen LogP contribution in [0.15, 0.2) is 41.1 Å². The normalized spacial score (nSPS) is 29.4. The summed E-state index contributed by atoms with van der Waals surface area (Å²) >= 11 is 1.79. The van der Waals surface area contributed by atoms with Crippen LogP contribution in [0.2, 0.25) is 0 Å². The zero-order valence-electron chi connectivity index (χ0n) is 10.1. The fourth-order valence-electron chi connectivity index (χ4n) is 3.38. The Labute approximate surface area is 111 Å². The van der Waals surface area contributed by atoms with Crippen molar-refractivity contribution >= 4 is 17.0 Å². The molecular formula is C15H16N2S. The first kappa shape index (κ1) is 10.6. The highest BCUT2D eigenvalue weighted by Gasteiger charge is 2.39. The van der Waals surface area contributed by atoms with E-state index in [0.29, 0.717) is 18.0 Å². The molecule has 0 radical (unpaired) electrons. The summed E-state index contributed by atoms with van der Waals surface area (Å²) in [5.74, 6) is 0.675. The van der Waals surface area contributed by atoms with E-state index in [2.05, 4.69) is 51.7 Å². The second-order valence-corrected chi connectivity index (χ2v) is 5.93. The second kappa shape index (κ2) is 4.11. The molecule has 2 aromatic rings. The van der Waals surface area contributed by atoms with Crippen LogP contribution in [0.3, 0.4) is 0 Å². The van der Waals surface area contributed by atoms with E-state index in [4.69, 9.17) is 0 Å². The summed E-state index contributed by atoms with van der Waals surface area (Å²) in [5.41, 5.74) is 4.17. The van der Waals surface area contributed by atoms with Crippen LogP contribution in [-0.4, -0.2) is 6.54 Å². The molecule has 1 aromatic carbocycles. The van der Waals surface area contributed by atoms with Gasteiger partial charge < -0.3 is 10.6 Å². The van der Waals surface area contributed by atoms with Gasteiger partial charge in [0.25, 0.3) is 0 Å². The summed E-state index contributed by atoms with van der Waals surface area (Å²) in [6.45, 7) is 1.13. The summed E-state index contributed by atoms with van der Waals surface area (Å²) < 4.78 is 0. The van der Waals surface area contributed by atoms with Gasteiger partial charge in [0.2, 0.25) is 0 Å². The molecule has 0 bridgehead atoms. The van der Waals surface area contributed by atoms with Crippen LogP contribution in [-0.2, 0) is 0 Å². The number of hydrogen-bond acceptors (Lipinski definition) is 3. The van der Waals surface area contributed by atoms with Crippen molar-refractivity contribution in [3.05, 3.63) is 52.2 Å². The fraction of sp³-hybridized carbons (Fsp3) is 0.333. The van der Waals surface area contributed by atoms with Crippen molar-refractivity contribution in [2.45, 2.75) is 18.5 Å². The summed E-state index contributed by atoms with van der Waals surface area (Å²) in [6, 6.07) is 12.0. The van der Waals surface area contributed by atoms with E-state index in [0.717, 1.165) is 6.54 Å². The quantitative estimate of drug-likeness (QED) is 0.815. The molecule has 1 unspecified atom stereocenters. The van der Waals surface area contributed by atoms with Crippen molar-refractivity contribution in [2.24, 2.45) is 5.92 Å². The van der Waals surface area contributed by atoms with E-state index in [1.54, 1.807) is 11.3 Å². The average Bonchev–Trinajstić information content (AvgIpc) is 3.09. The number of nitrogens with one attached hydrogen (secondary N) is 2. The molecule has 1 aromatic heterocycles. The van der Waals surface area contributed by atoms with E-state index >= 15 is 0 Å². The first-order valence-corrected chi connectivity index (χ1v) is 7.49. The average molecular weight is 256 g/mol. The molecule has 4 rings (SSSR count). The lowest BCUT2D eigenvalue weighted by Crippen LogP contribution is -2.32. The predicted octanol–water partition coefficient (Wildman–Crippen LogP) is 3.57. The second-order valence-electron chi connectivity index (χ2n) is 5.15. The zero-order valence-corrected chi connectivity index (χ0v) is 10.9. The van der Waals surface area contributed by atoms with E-state index in [1.807, 2.05) is 0 Å². The zero-order chi connectivity index (χ0) is 11.9. The predicted molar refractivity (Wildman–Crippen MR) is 76.0 cm³/mol. The number of rotatable bonds is 1. The minimum Gasteiger partial charge on any atom is -0.378 e. The van der Waals surface area contributed by atoms with Crippen LogP contribution in [0.5, 0.6) is 0 Å². The number of hydrogen-bond donors (Lipinski definition) is 2. The van der Waals surface area contributed by atoms with Gasteiger partial charge in [0, 0.05) is 17.6 Å². The first-order chi connectivity index (χ1) is 8.93. The Morgan fingerprint density at radius 2 is 2.06 bits per heavy atom. The Hall–Kier alpha value is -1.32. The minimum absolute atomic E-state index is 0.464. The third-order valence-electron chi connectivity index (χ3n) is 4.21. The first-order valence-electron chi connectivity index (χ1n) is 6.54. The maximum Gasteiger partial charge on any atom is 0.0568 e. The molecule has 2 nitrogen and oxygen atoms in total. The third kappa shape index (κ3) is 1.51. The lowest BCUT2D eigenvalue weighted by atomic mass is 9.81. The van der Waals surface area contributed by atoms with E-state index in [-0.39, 0.29) is 0 Å². The number of fused-ring (bicyclic) bond motifs is 3. The number of thiophene rings is 1. The summed E-state index contributed by atoms with van der Waals surface area (Å²) in [5, 5.41) is 11.9. The van der Waals surface area contributed by atoms with Crippen molar-refractivity contribution in [1.29, 1.82) is 0 Å². The lowest BCUT2D eigenvalue weighted by Gasteiger charge is -2.36. The number of anilines is 1. The molecular weight excluding hydrogens is 240 g/mol. The standard InChI is InChI=1S/C15H16N2S/c1-2-4-13-11(3-1)15-12(5-7-16-15)14(17-13)10-6-8-18-9-10/h1-4,6,8-9,12,14-17H,5,7H2/t12-,14?,15+/m1/s1. The molecule has 2 aliphatic heterocycles. The van der Waals surface area contributed by atoms with Gasteiger partial charge in [-0.15, -0.1) is 0 Å². The third-order valence-corrected chi connectivity index (χ3v) is 4.91. The Balaban J connectivity index is 1.80. The van der Waals surface area contributed by atoms with Crippen LogP contribution in [0.4, 0.5) is 5.69 Å². The Morgan fingerprint density at radius 3 is 2.94 bits per heavy atom. The van der Waals surface area contributed by atoms with Crippen LogP contribution >= 0.6 is 11.3 Å². The topological polar surface area (TPSA) is 24.1 Å². The van der Waals surface area contributed by atoms with Crippen LogP contribution in [0.1, 0.15) is 29.6 Å². The van der Waals surface area contributed by atoms with Crippen molar-refractivity contribution in [3.8, 4) is 0 Å². The van der Waals surface area contributed by atoms with Gasteiger partial charge in [-0.05, 0) is 47.0 Å². The van der Waals surface area contributed by atoms with E-state index in [1.165, 1.54) is 23.2 Å². The van der Waals surface area contributed by atoms with Gasteiger partial charge >= 0.3 is 0 Å². The van der Waals surface area contributed by atoms with Gasteiger partial charge in [0.1, 0.15) is 0 Å². The molecule has 3 atom stereocenters. The SMILES string of the molecule is c1ccc2c(c1)NC(c1ccsc1)[C@H]1CCN[C@@H]21. The Morgan fingerprint density at radius 1 is 1.11 bits per heavy atom. The van der Waals surface area contributed by atoms with Crippen molar-refractivity contribution in [3.63, 3.8) is 0 Å². The van der Waals surface area contributed by atoms with Crippen molar-refractivity contribution in [2.75, 3.05) is 11.9 Å². The van der Waals surface area contributed by atoms with Gasteiger partial charge in [-0.3, -0.25) is 0 Å². The lowest BCUT2D eigenvalue weighted by molar-refractivity contribution is 0.391. The molecule has 92 valence electrons. The molecule has 1 fully saturated rings. The highest BCUT2D eigenvalue weighted by Crippen LogP contribution is 2.47. The molecule has 0 amide bonds. The van der Waals surface area contributed by atoms with Crippen LogP contribution in [0.25, 0.3) is 0 Å². The molecule has 3 heterocycles. The molecule has 0 saturated carbocycles. The van der Waals surface area contributed by atoms with Gasteiger partial charge in [0.15, 0.2) is 0 Å². The number of para-hydroxylation sites is 1. The smallest absolute Gasteiger partial charge is 0.0568 e. The molecule has 2 aliphatic rings. The molecule has 0 aliphatic carbocycles. The molecule has 3 heteroatoms. The van der Waals surface area contributed by atoms with E-state index < -0.39 is 0 Å². The molecule has 1 saturated heterocycles. The van der Waals surface area contributed by atoms with Crippen molar-refractivity contribution < 1.29 is 0 Å². The van der Waals surface area contributed by atoms with E-state index in [9.17, 15) is 0 Å². The highest BCUT2D eigenvalue weighted by atomic mass is 32.1. The van der Waals surface area contributed by atoms with Gasteiger partial charge in [-0.25, -0.2) is 0 Å². The van der Waals surface area contributed by atoms with Crippen molar-refractivity contribution in [1.82, 2.24) is 5.32 Å². The maximum atomic E-state index is 3.74. The Kier molecular flexibility index (Phi) is 2.42. The van der Waals surface area contributed by atoms with Gasteiger partial charge in [-0.2, -0.15) is 11.3 Å². The number of benzene rings is 1. The van der Waals surface area contributed by atoms with Gasteiger partial charge in [0.05, 0.1) is 6.04 Å². The van der Waals surface area contributed by atoms with Gasteiger partial charge in [-0.1, -0.05) is 18.2 Å². The monoisotopic (exact) mass is 256 g/mol. The largest absolute Gasteiger partial charge is 0.378 e. The van der Waals surface area contributed by atoms with Crippen LogP contribution in [0, 0.1) is 5.92 Å². The summed E-state index contributed by atoms with van der Waals surface area (Å²) in [4.78, 5) is 0. The van der Waals surface area contributed by atoms with Crippen LogP contribution < -0.4 is 10.6 Å². The Bertz CT molecular complexity index is 549. The summed E-state index contributed by atoms with van der Waals surface area (Å²) in [6.07, 6.45) is 1.26. The minimum atomic E-state index is 0.464. The molecule has 18 heavy (non-hydrogen) atoms. The molecule has 0 spiro atoms. The highest BCUT2D eigenvalue weighted by molar-refractivity contribution is 7.08. The maximum absolute atomic E-state index is 3.74. The summed E-state index contributed by atoms with van der Waals surface area (Å²) in [7, 11) is 0. The molecule has 2 N–H and O–H groups in total. The fourth-order valence-corrected chi connectivity index (χ4v) is 4.08.